The number of likely N-dealkylation sites (N-methyl/N-ethyl adjacent to an activating group) is 1. The number of carbonyl (C=O) groups excluding carboxylic acids is 2. The predicted octanol–water partition coefficient (Wildman–Crippen LogP) is 3.42. The molecule has 2 aromatic carbocycles. The standard InChI is InChI=1S/C23H28N2O4/c1-4-25(5-2)12-11-24-23(28)19-14-17(26)13-18-20(27)15(3)21(29-22(18)19)16-9-7-6-8-10-16/h6-10,13-15,21,26H,4-5,11-12H2,1-3H3,(H,24,28)/t15-,21+/m1/s1. The van der Waals surface area contributed by atoms with E-state index in [0.29, 0.717) is 6.54 Å². The zero-order valence-corrected chi connectivity index (χ0v) is 17.1. The molecule has 0 bridgehead atoms. The number of fused-ring (bicyclic) bond motifs is 1. The van der Waals surface area contributed by atoms with Crippen molar-refractivity contribution in [2.24, 2.45) is 5.92 Å². The fourth-order valence-electron chi connectivity index (χ4n) is 3.67. The highest BCUT2D eigenvalue weighted by Crippen LogP contribution is 2.42. The van der Waals surface area contributed by atoms with Crippen molar-refractivity contribution in [1.82, 2.24) is 10.2 Å². The Morgan fingerprint density at radius 3 is 2.52 bits per heavy atom. The van der Waals surface area contributed by atoms with E-state index in [-0.39, 0.29) is 34.3 Å². The predicted molar refractivity (Wildman–Crippen MR) is 112 cm³/mol. The van der Waals surface area contributed by atoms with E-state index in [0.717, 1.165) is 25.2 Å². The van der Waals surface area contributed by atoms with Crippen molar-refractivity contribution >= 4 is 11.7 Å². The molecule has 1 amide bonds. The topological polar surface area (TPSA) is 78.9 Å². The van der Waals surface area contributed by atoms with Crippen LogP contribution in [-0.2, 0) is 0 Å². The van der Waals surface area contributed by atoms with Gasteiger partial charge in [-0.3, -0.25) is 9.59 Å². The lowest BCUT2D eigenvalue weighted by atomic mass is 9.86. The molecule has 2 aromatic rings. The zero-order chi connectivity index (χ0) is 21.0. The van der Waals surface area contributed by atoms with E-state index in [2.05, 4.69) is 24.1 Å². The van der Waals surface area contributed by atoms with Gasteiger partial charge < -0.3 is 20.1 Å². The Kier molecular flexibility index (Phi) is 6.54. The number of ether oxygens (including phenoxy) is 1. The van der Waals surface area contributed by atoms with Crippen LogP contribution in [-0.4, -0.2) is 47.9 Å². The summed E-state index contributed by atoms with van der Waals surface area (Å²) in [5.74, 6) is -0.822. The molecule has 0 aromatic heterocycles. The van der Waals surface area contributed by atoms with Crippen molar-refractivity contribution < 1.29 is 19.4 Å². The van der Waals surface area contributed by atoms with Crippen LogP contribution in [0.2, 0.25) is 0 Å². The molecule has 0 unspecified atom stereocenters. The monoisotopic (exact) mass is 396 g/mol. The van der Waals surface area contributed by atoms with Crippen LogP contribution in [0.4, 0.5) is 0 Å². The Morgan fingerprint density at radius 2 is 1.86 bits per heavy atom. The molecule has 1 aliphatic heterocycles. The molecule has 0 saturated carbocycles. The lowest BCUT2D eigenvalue weighted by Gasteiger charge is -2.32. The molecule has 0 spiro atoms. The minimum Gasteiger partial charge on any atom is -0.508 e. The van der Waals surface area contributed by atoms with Crippen LogP contribution in [0.3, 0.4) is 0 Å². The second-order valence-electron chi connectivity index (χ2n) is 7.25. The van der Waals surface area contributed by atoms with Gasteiger partial charge in [-0.05, 0) is 30.8 Å². The van der Waals surface area contributed by atoms with Crippen LogP contribution in [0.5, 0.6) is 11.5 Å². The van der Waals surface area contributed by atoms with Crippen molar-refractivity contribution in [1.29, 1.82) is 0 Å². The highest BCUT2D eigenvalue weighted by Gasteiger charge is 2.37. The minimum atomic E-state index is -0.483. The molecule has 0 radical (unpaired) electrons. The first-order chi connectivity index (χ1) is 14.0. The number of ketones is 1. The molecule has 2 atom stereocenters. The average Bonchev–Trinajstić information content (AvgIpc) is 2.74. The molecule has 0 saturated heterocycles. The van der Waals surface area contributed by atoms with Gasteiger partial charge in [0.1, 0.15) is 17.6 Å². The normalized spacial score (nSPS) is 18.3. The maximum Gasteiger partial charge on any atom is 0.255 e. The van der Waals surface area contributed by atoms with Crippen molar-refractivity contribution in [2.45, 2.75) is 26.9 Å². The van der Waals surface area contributed by atoms with E-state index in [1.807, 2.05) is 30.3 Å². The first kappa shape index (κ1) is 20.9. The summed E-state index contributed by atoms with van der Waals surface area (Å²) in [4.78, 5) is 28.0. The number of hydrogen-bond donors (Lipinski definition) is 2. The lowest BCUT2D eigenvalue weighted by molar-refractivity contribution is 0.0682. The van der Waals surface area contributed by atoms with Crippen LogP contribution < -0.4 is 10.1 Å². The number of rotatable bonds is 7. The number of phenols is 1. The summed E-state index contributed by atoms with van der Waals surface area (Å²) in [5.41, 5.74) is 1.30. The summed E-state index contributed by atoms with van der Waals surface area (Å²) in [6.07, 6.45) is -0.483. The number of phenolic OH excluding ortho intramolecular Hbond substituents is 1. The van der Waals surface area contributed by atoms with Crippen LogP contribution in [0.1, 0.15) is 53.2 Å². The fourth-order valence-corrected chi connectivity index (χ4v) is 3.67. The molecule has 29 heavy (non-hydrogen) atoms. The van der Waals surface area contributed by atoms with Crippen LogP contribution in [0.25, 0.3) is 0 Å². The van der Waals surface area contributed by atoms with Crippen LogP contribution in [0, 0.1) is 5.92 Å². The van der Waals surface area contributed by atoms with E-state index >= 15 is 0 Å². The number of nitrogens with zero attached hydrogens (tertiary/aromatic N) is 1. The number of amides is 1. The largest absolute Gasteiger partial charge is 0.508 e. The van der Waals surface area contributed by atoms with Gasteiger partial charge in [0.15, 0.2) is 5.78 Å². The Balaban J connectivity index is 1.88. The highest BCUT2D eigenvalue weighted by molar-refractivity contribution is 6.07. The van der Waals surface area contributed by atoms with Crippen LogP contribution in [0.15, 0.2) is 42.5 Å². The molecule has 2 N–H and O–H groups in total. The SMILES string of the molecule is CCN(CC)CCNC(=O)c1cc(O)cc2c1O[C@H](c1ccccc1)[C@H](C)C2=O. The number of aromatic hydroxyl groups is 1. The molecular formula is C23H28N2O4. The lowest BCUT2D eigenvalue weighted by Crippen LogP contribution is -2.36. The van der Waals surface area contributed by atoms with E-state index in [9.17, 15) is 14.7 Å². The summed E-state index contributed by atoms with van der Waals surface area (Å²) in [6.45, 7) is 8.95. The number of carbonyl (C=O) groups is 2. The summed E-state index contributed by atoms with van der Waals surface area (Å²) in [5, 5.41) is 13.0. The molecule has 6 heteroatoms. The van der Waals surface area contributed by atoms with Gasteiger partial charge in [-0.2, -0.15) is 0 Å². The Bertz CT molecular complexity index is 878. The minimum absolute atomic E-state index is 0.125. The fraction of sp³-hybridized carbons (Fsp3) is 0.391. The van der Waals surface area contributed by atoms with Crippen LogP contribution >= 0.6 is 0 Å². The van der Waals surface area contributed by atoms with Gasteiger partial charge in [0.2, 0.25) is 0 Å². The van der Waals surface area contributed by atoms with Crippen molar-refractivity contribution in [3.05, 3.63) is 59.2 Å². The molecule has 1 aliphatic rings. The molecule has 0 aliphatic carbocycles. The van der Waals surface area contributed by atoms with Gasteiger partial charge in [0.05, 0.1) is 17.0 Å². The first-order valence-corrected chi connectivity index (χ1v) is 10.1. The van der Waals surface area contributed by atoms with E-state index in [1.54, 1.807) is 6.92 Å². The van der Waals surface area contributed by atoms with E-state index < -0.39 is 12.0 Å². The van der Waals surface area contributed by atoms with Gasteiger partial charge in [-0.1, -0.05) is 51.1 Å². The summed E-state index contributed by atoms with van der Waals surface area (Å²) in [6, 6.07) is 12.2. The third-order valence-electron chi connectivity index (χ3n) is 5.43. The average molecular weight is 396 g/mol. The Hall–Kier alpha value is -2.86. The van der Waals surface area contributed by atoms with E-state index in [1.165, 1.54) is 12.1 Å². The van der Waals surface area contributed by atoms with Gasteiger partial charge in [-0.15, -0.1) is 0 Å². The molecule has 6 nitrogen and oxygen atoms in total. The second kappa shape index (κ2) is 9.09. The third kappa shape index (κ3) is 4.43. The second-order valence-corrected chi connectivity index (χ2v) is 7.25. The number of nitrogens with one attached hydrogen (secondary N) is 1. The maximum absolute atomic E-state index is 13.0. The van der Waals surface area contributed by atoms with Gasteiger partial charge in [0.25, 0.3) is 5.91 Å². The summed E-state index contributed by atoms with van der Waals surface area (Å²) >= 11 is 0. The molecule has 154 valence electrons. The Morgan fingerprint density at radius 1 is 1.17 bits per heavy atom. The quantitative estimate of drug-likeness (QED) is 0.750. The van der Waals surface area contributed by atoms with Crippen molar-refractivity contribution in [3.8, 4) is 11.5 Å². The molecule has 0 fully saturated rings. The molecule has 3 rings (SSSR count). The summed E-state index contributed by atoms with van der Waals surface area (Å²) in [7, 11) is 0. The molecule has 1 heterocycles. The Labute approximate surface area is 171 Å². The number of benzene rings is 2. The van der Waals surface area contributed by atoms with E-state index in [4.69, 9.17) is 4.74 Å². The number of Topliss-reactive ketones (excluding diaryl/α,β-unsaturated/α-hetero) is 1. The maximum atomic E-state index is 13.0. The van der Waals surface area contributed by atoms with Crippen molar-refractivity contribution in [3.63, 3.8) is 0 Å². The highest BCUT2D eigenvalue weighted by atomic mass is 16.5. The summed E-state index contributed by atoms with van der Waals surface area (Å²) < 4.78 is 6.17. The third-order valence-corrected chi connectivity index (χ3v) is 5.43. The number of hydrogen-bond acceptors (Lipinski definition) is 5. The molecular weight excluding hydrogens is 368 g/mol. The first-order valence-electron chi connectivity index (χ1n) is 10.1. The van der Waals surface area contributed by atoms with Gasteiger partial charge in [-0.25, -0.2) is 0 Å². The van der Waals surface area contributed by atoms with Gasteiger partial charge in [0, 0.05) is 13.1 Å². The zero-order valence-electron chi connectivity index (χ0n) is 17.1. The van der Waals surface area contributed by atoms with Gasteiger partial charge >= 0.3 is 0 Å². The van der Waals surface area contributed by atoms with Crippen molar-refractivity contribution in [2.75, 3.05) is 26.2 Å². The smallest absolute Gasteiger partial charge is 0.255 e.